The minimum absolute atomic E-state index is 0.0751. The number of carbonyl (C=O) groups is 3. The molecule has 0 atom stereocenters. The lowest BCUT2D eigenvalue weighted by Gasteiger charge is -2.35. The van der Waals surface area contributed by atoms with Crippen LogP contribution in [0, 0.1) is 0 Å². The Kier molecular flexibility index (Phi) is 5.60. The second kappa shape index (κ2) is 8.07. The van der Waals surface area contributed by atoms with E-state index in [9.17, 15) is 14.4 Å². The smallest absolute Gasteiger partial charge is 0.306 e. The van der Waals surface area contributed by atoms with Crippen LogP contribution in [0.5, 0.6) is 11.5 Å². The first kappa shape index (κ1) is 18.0. The summed E-state index contributed by atoms with van der Waals surface area (Å²) < 4.78 is 15.5. The average Bonchev–Trinajstić information content (AvgIpc) is 2.70. The van der Waals surface area contributed by atoms with E-state index in [1.165, 1.54) is 7.11 Å². The molecule has 1 fully saturated rings. The molecule has 2 heterocycles. The quantitative estimate of drug-likeness (QED) is 0.733. The van der Waals surface area contributed by atoms with Crippen molar-refractivity contribution in [3.8, 4) is 11.5 Å². The van der Waals surface area contributed by atoms with E-state index in [1.54, 1.807) is 28.0 Å². The average molecular weight is 362 g/mol. The second-order valence-electron chi connectivity index (χ2n) is 6.11. The lowest BCUT2D eigenvalue weighted by Crippen LogP contribution is -2.50. The first-order valence-electron chi connectivity index (χ1n) is 8.62. The molecule has 8 heteroatoms. The van der Waals surface area contributed by atoms with Gasteiger partial charge in [0.2, 0.25) is 5.91 Å². The standard InChI is InChI=1S/C18H22N2O6/c1-24-17(22)5-4-16(21)19-6-8-20(9-7-19)18(23)13-2-3-14-15(12-13)26-11-10-25-14/h2-3,12H,4-11H2,1H3. The van der Waals surface area contributed by atoms with Gasteiger partial charge in [-0.3, -0.25) is 14.4 Å². The van der Waals surface area contributed by atoms with Gasteiger partial charge in [0.15, 0.2) is 11.5 Å². The highest BCUT2D eigenvalue weighted by molar-refractivity contribution is 5.95. The molecule has 0 spiro atoms. The number of amides is 2. The Morgan fingerprint density at radius 2 is 1.62 bits per heavy atom. The molecule has 0 radical (unpaired) electrons. The maximum absolute atomic E-state index is 12.7. The molecule has 1 saturated heterocycles. The Morgan fingerprint density at radius 3 is 2.31 bits per heavy atom. The first-order chi connectivity index (χ1) is 12.6. The van der Waals surface area contributed by atoms with Crippen molar-refractivity contribution in [3.63, 3.8) is 0 Å². The van der Waals surface area contributed by atoms with Gasteiger partial charge in [0.1, 0.15) is 13.2 Å². The third-order valence-electron chi connectivity index (χ3n) is 4.48. The van der Waals surface area contributed by atoms with E-state index in [-0.39, 0.29) is 24.7 Å². The predicted molar refractivity (Wildman–Crippen MR) is 91.2 cm³/mol. The van der Waals surface area contributed by atoms with Gasteiger partial charge in [-0.2, -0.15) is 0 Å². The molecular weight excluding hydrogens is 340 g/mol. The molecule has 8 nitrogen and oxygen atoms in total. The molecule has 0 N–H and O–H groups in total. The number of hydrogen-bond donors (Lipinski definition) is 0. The summed E-state index contributed by atoms with van der Waals surface area (Å²) in [7, 11) is 1.30. The summed E-state index contributed by atoms with van der Waals surface area (Å²) in [6.07, 6.45) is 0.203. The molecular formula is C18H22N2O6. The molecule has 1 aromatic rings. The SMILES string of the molecule is COC(=O)CCC(=O)N1CCN(C(=O)c2ccc3c(c2)OCCO3)CC1. The largest absolute Gasteiger partial charge is 0.486 e. The zero-order valence-corrected chi connectivity index (χ0v) is 14.7. The maximum atomic E-state index is 12.7. The van der Waals surface area contributed by atoms with Gasteiger partial charge in [-0.25, -0.2) is 0 Å². The number of hydrogen-bond acceptors (Lipinski definition) is 6. The normalized spacial score (nSPS) is 16.2. The highest BCUT2D eigenvalue weighted by Gasteiger charge is 2.26. The van der Waals surface area contributed by atoms with Crippen LogP contribution in [0.25, 0.3) is 0 Å². The van der Waals surface area contributed by atoms with Crippen LogP contribution in [0.4, 0.5) is 0 Å². The number of fused-ring (bicyclic) bond motifs is 1. The summed E-state index contributed by atoms with van der Waals surface area (Å²) in [5.74, 6) is 0.642. The molecule has 140 valence electrons. The minimum atomic E-state index is -0.397. The van der Waals surface area contributed by atoms with Gasteiger partial charge in [0.25, 0.3) is 5.91 Å². The number of methoxy groups -OCH3 is 1. The fourth-order valence-electron chi connectivity index (χ4n) is 2.99. The molecule has 2 aliphatic rings. The summed E-state index contributed by atoms with van der Waals surface area (Å²) in [6, 6.07) is 5.17. The fourth-order valence-corrected chi connectivity index (χ4v) is 2.99. The summed E-state index contributed by atoms with van der Waals surface area (Å²) in [5, 5.41) is 0. The fraction of sp³-hybridized carbons (Fsp3) is 0.500. The number of esters is 1. The van der Waals surface area contributed by atoms with E-state index in [0.717, 1.165) is 0 Å². The second-order valence-corrected chi connectivity index (χ2v) is 6.11. The Bertz CT molecular complexity index is 697. The van der Waals surface area contributed by atoms with Crippen LogP contribution >= 0.6 is 0 Å². The van der Waals surface area contributed by atoms with Gasteiger partial charge >= 0.3 is 5.97 Å². The number of nitrogens with zero attached hydrogens (tertiary/aromatic N) is 2. The highest BCUT2D eigenvalue weighted by atomic mass is 16.6. The molecule has 0 saturated carbocycles. The number of piperazine rings is 1. The van der Waals surface area contributed by atoms with Gasteiger partial charge in [0.05, 0.1) is 13.5 Å². The molecule has 2 aliphatic heterocycles. The van der Waals surface area contributed by atoms with Crippen molar-refractivity contribution in [2.75, 3.05) is 46.5 Å². The molecule has 0 aliphatic carbocycles. The Morgan fingerprint density at radius 1 is 0.962 bits per heavy atom. The lowest BCUT2D eigenvalue weighted by molar-refractivity contribution is -0.143. The lowest BCUT2D eigenvalue weighted by atomic mass is 10.1. The maximum Gasteiger partial charge on any atom is 0.306 e. The summed E-state index contributed by atoms with van der Waals surface area (Å²) in [5.41, 5.74) is 0.541. The molecule has 1 aromatic carbocycles. The van der Waals surface area contributed by atoms with Gasteiger partial charge in [0, 0.05) is 38.2 Å². The molecule has 0 bridgehead atoms. The number of ether oxygens (including phenoxy) is 3. The van der Waals surface area contributed by atoms with E-state index < -0.39 is 5.97 Å². The Balaban J connectivity index is 1.53. The van der Waals surface area contributed by atoms with E-state index in [1.807, 2.05) is 0 Å². The molecule has 26 heavy (non-hydrogen) atoms. The van der Waals surface area contributed by atoms with Crippen molar-refractivity contribution in [3.05, 3.63) is 23.8 Å². The predicted octanol–water partition coefficient (Wildman–Crippen LogP) is 0.695. The van der Waals surface area contributed by atoms with Crippen LogP contribution < -0.4 is 9.47 Å². The Labute approximate surface area is 151 Å². The number of benzene rings is 1. The van der Waals surface area contributed by atoms with Crippen molar-refractivity contribution >= 4 is 17.8 Å². The number of rotatable bonds is 4. The van der Waals surface area contributed by atoms with E-state index in [2.05, 4.69) is 4.74 Å². The molecule has 2 amide bonds. The molecule has 0 unspecified atom stereocenters. The van der Waals surface area contributed by atoms with Crippen molar-refractivity contribution in [2.24, 2.45) is 0 Å². The summed E-state index contributed by atoms with van der Waals surface area (Å²) >= 11 is 0. The van der Waals surface area contributed by atoms with Gasteiger partial charge in [-0.05, 0) is 18.2 Å². The van der Waals surface area contributed by atoms with Crippen LogP contribution in [-0.2, 0) is 14.3 Å². The van der Waals surface area contributed by atoms with Gasteiger partial charge < -0.3 is 24.0 Å². The molecule has 3 rings (SSSR count). The van der Waals surface area contributed by atoms with Crippen molar-refractivity contribution in [1.29, 1.82) is 0 Å². The summed E-state index contributed by atoms with van der Waals surface area (Å²) in [6.45, 7) is 2.80. The van der Waals surface area contributed by atoms with Gasteiger partial charge in [-0.15, -0.1) is 0 Å². The topological polar surface area (TPSA) is 85.4 Å². The third kappa shape index (κ3) is 4.07. The summed E-state index contributed by atoms with van der Waals surface area (Å²) in [4.78, 5) is 39.3. The van der Waals surface area contributed by atoms with Crippen LogP contribution in [0.2, 0.25) is 0 Å². The monoisotopic (exact) mass is 362 g/mol. The van der Waals surface area contributed by atoms with E-state index in [0.29, 0.717) is 56.5 Å². The van der Waals surface area contributed by atoms with E-state index in [4.69, 9.17) is 9.47 Å². The van der Waals surface area contributed by atoms with Crippen molar-refractivity contribution < 1.29 is 28.6 Å². The zero-order valence-electron chi connectivity index (χ0n) is 14.7. The third-order valence-corrected chi connectivity index (χ3v) is 4.48. The first-order valence-corrected chi connectivity index (χ1v) is 8.62. The minimum Gasteiger partial charge on any atom is -0.486 e. The van der Waals surface area contributed by atoms with Crippen LogP contribution in [0.15, 0.2) is 18.2 Å². The van der Waals surface area contributed by atoms with Gasteiger partial charge in [-0.1, -0.05) is 0 Å². The van der Waals surface area contributed by atoms with Crippen molar-refractivity contribution in [2.45, 2.75) is 12.8 Å². The van der Waals surface area contributed by atoms with E-state index >= 15 is 0 Å². The Hall–Kier alpha value is -2.77. The highest BCUT2D eigenvalue weighted by Crippen LogP contribution is 2.31. The van der Waals surface area contributed by atoms with Crippen LogP contribution in [0.1, 0.15) is 23.2 Å². The molecule has 0 aromatic heterocycles. The number of carbonyl (C=O) groups excluding carboxylic acids is 3. The van der Waals surface area contributed by atoms with Crippen LogP contribution in [-0.4, -0.2) is 74.1 Å². The van der Waals surface area contributed by atoms with Crippen molar-refractivity contribution in [1.82, 2.24) is 9.80 Å². The zero-order chi connectivity index (χ0) is 18.5. The van der Waals surface area contributed by atoms with Crippen LogP contribution in [0.3, 0.4) is 0 Å².